The quantitative estimate of drug-likeness (QED) is 0.654. The van der Waals surface area contributed by atoms with E-state index in [4.69, 9.17) is 16.3 Å². The van der Waals surface area contributed by atoms with Gasteiger partial charge in [-0.3, -0.25) is 0 Å². The summed E-state index contributed by atoms with van der Waals surface area (Å²) < 4.78 is 5.69. The van der Waals surface area contributed by atoms with Crippen LogP contribution < -0.4 is 0 Å². The minimum Gasteiger partial charge on any atom is -0.377 e. The Morgan fingerprint density at radius 2 is 1.70 bits per heavy atom. The van der Waals surface area contributed by atoms with Crippen LogP contribution >= 0.6 is 11.6 Å². The molecule has 0 aromatic heterocycles. The van der Waals surface area contributed by atoms with Gasteiger partial charge in [-0.2, -0.15) is 0 Å². The van der Waals surface area contributed by atoms with Crippen LogP contribution in [0.15, 0.2) is 24.3 Å². The van der Waals surface area contributed by atoms with E-state index in [1.807, 2.05) is 24.3 Å². The van der Waals surface area contributed by atoms with E-state index in [1.165, 1.54) is 63.7 Å². The summed E-state index contributed by atoms with van der Waals surface area (Å²) in [6.45, 7) is 5.46. The lowest BCUT2D eigenvalue weighted by Crippen LogP contribution is -2.30. The number of piperidine rings is 1. The Morgan fingerprint density at radius 1 is 0.950 bits per heavy atom. The highest BCUT2D eigenvalue weighted by atomic mass is 35.5. The maximum Gasteiger partial charge on any atom is 0.0716 e. The van der Waals surface area contributed by atoms with Crippen molar-refractivity contribution in [1.82, 2.24) is 4.90 Å². The van der Waals surface area contributed by atoms with Crippen molar-refractivity contribution in [1.29, 1.82) is 0 Å². The molecule has 0 aliphatic carbocycles. The summed E-state index contributed by atoms with van der Waals surface area (Å²) in [6.07, 6.45) is 7.96. The summed E-state index contributed by atoms with van der Waals surface area (Å²) in [5.41, 5.74) is 1.20. The Morgan fingerprint density at radius 3 is 2.45 bits per heavy atom. The molecule has 0 bridgehead atoms. The number of hydrogen-bond donors (Lipinski definition) is 0. The standard InChI is InChI=1S/C17H26ClNO/c18-17-9-7-16(8-10-17)15-20-14-6-2-5-13-19-11-3-1-4-12-19/h7-10H,1-6,11-15H2. The van der Waals surface area contributed by atoms with Crippen LogP contribution in [-0.2, 0) is 11.3 Å². The van der Waals surface area contributed by atoms with Crippen LogP contribution in [0, 0.1) is 0 Å². The minimum atomic E-state index is 0.698. The molecule has 0 saturated carbocycles. The zero-order chi connectivity index (χ0) is 14.0. The van der Waals surface area contributed by atoms with Crippen molar-refractivity contribution in [2.24, 2.45) is 0 Å². The Kier molecular flexibility index (Phi) is 7.42. The second-order valence-electron chi connectivity index (χ2n) is 5.64. The number of benzene rings is 1. The molecule has 2 rings (SSSR count). The SMILES string of the molecule is Clc1ccc(COCCCCCN2CCCCC2)cc1. The van der Waals surface area contributed by atoms with Crippen LogP contribution in [0.25, 0.3) is 0 Å². The molecule has 1 aromatic carbocycles. The lowest BCUT2D eigenvalue weighted by molar-refractivity contribution is 0.115. The predicted molar refractivity (Wildman–Crippen MR) is 85.3 cm³/mol. The maximum absolute atomic E-state index is 5.85. The lowest BCUT2D eigenvalue weighted by Gasteiger charge is -2.26. The third-order valence-corrected chi connectivity index (χ3v) is 4.15. The van der Waals surface area contributed by atoms with Crippen LogP contribution in [0.3, 0.4) is 0 Å². The largest absolute Gasteiger partial charge is 0.377 e. The third kappa shape index (κ3) is 6.25. The first kappa shape index (κ1) is 15.8. The fraction of sp³-hybridized carbons (Fsp3) is 0.647. The fourth-order valence-corrected chi connectivity index (χ4v) is 2.80. The molecule has 2 nitrogen and oxygen atoms in total. The molecule has 1 fully saturated rings. The Labute approximate surface area is 128 Å². The highest BCUT2D eigenvalue weighted by Gasteiger charge is 2.08. The number of ether oxygens (including phenoxy) is 1. The molecule has 20 heavy (non-hydrogen) atoms. The zero-order valence-electron chi connectivity index (χ0n) is 12.3. The summed E-state index contributed by atoms with van der Waals surface area (Å²) >= 11 is 5.85. The summed E-state index contributed by atoms with van der Waals surface area (Å²) in [5.74, 6) is 0. The monoisotopic (exact) mass is 295 g/mol. The molecule has 0 atom stereocenters. The van der Waals surface area contributed by atoms with Crippen molar-refractivity contribution < 1.29 is 4.74 Å². The lowest BCUT2D eigenvalue weighted by atomic mass is 10.1. The van der Waals surface area contributed by atoms with E-state index in [-0.39, 0.29) is 0 Å². The van der Waals surface area contributed by atoms with Crippen LogP contribution in [0.2, 0.25) is 5.02 Å². The van der Waals surface area contributed by atoms with E-state index in [1.54, 1.807) is 0 Å². The van der Waals surface area contributed by atoms with Crippen molar-refractivity contribution in [3.63, 3.8) is 0 Å². The van der Waals surface area contributed by atoms with Crippen molar-refractivity contribution >= 4 is 11.6 Å². The normalized spacial score (nSPS) is 16.4. The van der Waals surface area contributed by atoms with Gasteiger partial charge in [0.1, 0.15) is 0 Å². The van der Waals surface area contributed by atoms with Gasteiger partial charge in [-0.25, -0.2) is 0 Å². The first-order chi connectivity index (χ1) is 9.84. The minimum absolute atomic E-state index is 0.698. The maximum atomic E-state index is 5.85. The van der Waals surface area contributed by atoms with Gasteiger partial charge < -0.3 is 9.64 Å². The average Bonchev–Trinajstić information content (AvgIpc) is 2.49. The van der Waals surface area contributed by atoms with E-state index in [0.29, 0.717) is 6.61 Å². The molecular weight excluding hydrogens is 270 g/mol. The van der Waals surface area contributed by atoms with Gasteiger partial charge in [0.05, 0.1) is 6.61 Å². The van der Waals surface area contributed by atoms with Crippen molar-refractivity contribution in [2.45, 2.75) is 45.1 Å². The third-order valence-electron chi connectivity index (χ3n) is 3.89. The first-order valence-electron chi connectivity index (χ1n) is 7.89. The smallest absolute Gasteiger partial charge is 0.0716 e. The molecule has 1 heterocycles. The number of likely N-dealkylation sites (tertiary alicyclic amines) is 1. The fourth-order valence-electron chi connectivity index (χ4n) is 2.67. The summed E-state index contributed by atoms with van der Waals surface area (Å²) in [4.78, 5) is 2.61. The van der Waals surface area contributed by atoms with Crippen LogP contribution in [0.1, 0.15) is 44.1 Å². The van der Waals surface area contributed by atoms with Crippen LogP contribution in [0.5, 0.6) is 0 Å². The Balaban J connectivity index is 1.44. The van der Waals surface area contributed by atoms with Crippen molar-refractivity contribution in [3.05, 3.63) is 34.9 Å². The van der Waals surface area contributed by atoms with E-state index in [9.17, 15) is 0 Å². The number of hydrogen-bond acceptors (Lipinski definition) is 2. The topological polar surface area (TPSA) is 12.5 Å². The second-order valence-corrected chi connectivity index (χ2v) is 6.08. The molecule has 0 unspecified atom stereocenters. The molecule has 0 amide bonds. The molecule has 1 aromatic rings. The molecule has 112 valence electrons. The molecule has 0 radical (unpaired) electrons. The highest BCUT2D eigenvalue weighted by molar-refractivity contribution is 6.30. The van der Waals surface area contributed by atoms with E-state index in [2.05, 4.69) is 4.90 Å². The summed E-state index contributed by atoms with van der Waals surface area (Å²) in [6, 6.07) is 7.88. The van der Waals surface area contributed by atoms with Crippen LogP contribution in [-0.4, -0.2) is 31.1 Å². The van der Waals surface area contributed by atoms with Crippen LogP contribution in [0.4, 0.5) is 0 Å². The number of nitrogens with zero attached hydrogens (tertiary/aromatic N) is 1. The molecule has 1 aliphatic rings. The van der Waals surface area contributed by atoms with E-state index >= 15 is 0 Å². The van der Waals surface area contributed by atoms with Gasteiger partial charge in [-0.1, -0.05) is 30.2 Å². The molecule has 3 heteroatoms. The summed E-state index contributed by atoms with van der Waals surface area (Å²) in [5, 5.41) is 0.784. The van der Waals surface area contributed by atoms with Gasteiger partial charge >= 0.3 is 0 Å². The number of halogens is 1. The Hall–Kier alpha value is -0.570. The van der Waals surface area contributed by atoms with Gasteiger partial charge in [0.15, 0.2) is 0 Å². The number of rotatable bonds is 8. The van der Waals surface area contributed by atoms with Gasteiger partial charge in [-0.15, -0.1) is 0 Å². The molecule has 0 N–H and O–H groups in total. The average molecular weight is 296 g/mol. The van der Waals surface area contributed by atoms with Gasteiger partial charge in [0.2, 0.25) is 0 Å². The molecule has 1 aliphatic heterocycles. The van der Waals surface area contributed by atoms with Gasteiger partial charge in [-0.05, 0) is 69.4 Å². The predicted octanol–water partition coefficient (Wildman–Crippen LogP) is 4.51. The van der Waals surface area contributed by atoms with E-state index < -0.39 is 0 Å². The molecule has 0 spiro atoms. The van der Waals surface area contributed by atoms with Gasteiger partial charge in [0, 0.05) is 11.6 Å². The number of unbranched alkanes of at least 4 members (excludes halogenated alkanes) is 2. The summed E-state index contributed by atoms with van der Waals surface area (Å²) in [7, 11) is 0. The van der Waals surface area contributed by atoms with Gasteiger partial charge in [0.25, 0.3) is 0 Å². The Bertz CT molecular complexity index is 360. The molecule has 1 saturated heterocycles. The van der Waals surface area contributed by atoms with Crippen molar-refractivity contribution in [3.8, 4) is 0 Å². The highest BCUT2D eigenvalue weighted by Crippen LogP contribution is 2.11. The zero-order valence-corrected chi connectivity index (χ0v) is 13.1. The second kappa shape index (κ2) is 9.38. The van der Waals surface area contributed by atoms with E-state index in [0.717, 1.165) is 11.6 Å². The van der Waals surface area contributed by atoms with Crippen molar-refractivity contribution in [2.75, 3.05) is 26.2 Å². The molecular formula is C17H26ClNO. The first-order valence-corrected chi connectivity index (χ1v) is 8.27.